The molecule has 3 heterocycles. The topological polar surface area (TPSA) is 58.6 Å². The number of amides is 1. The fourth-order valence-corrected chi connectivity index (χ4v) is 4.53. The molecule has 1 amide bonds. The predicted molar refractivity (Wildman–Crippen MR) is 102 cm³/mol. The van der Waals surface area contributed by atoms with Crippen LogP contribution in [0.5, 0.6) is 0 Å². The summed E-state index contributed by atoms with van der Waals surface area (Å²) in [5.74, 6) is 0.0556. The van der Waals surface area contributed by atoms with Gasteiger partial charge < -0.3 is 9.64 Å². The van der Waals surface area contributed by atoms with Crippen molar-refractivity contribution in [3.05, 3.63) is 59.4 Å². The molecule has 1 aromatic carbocycles. The second kappa shape index (κ2) is 7.74. The van der Waals surface area contributed by atoms with Crippen LogP contribution in [0.15, 0.2) is 42.7 Å². The lowest BCUT2D eigenvalue weighted by molar-refractivity contribution is 0.0557. The van der Waals surface area contributed by atoms with Gasteiger partial charge >= 0.3 is 0 Å². The number of methoxy groups -OCH3 is 1. The highest BCUT2D eigenvalue weighted by atomic mass is 16.5. The molecule has 0 N–H and O–H groups in total. The fourth-order valence-electron chi connectivity index (χ4n) is 4.53. The first kappa shape index (κ1) is 18.1. The summed E-state index contributed by atoms with van der Waals surface area (Å²) in [6, 6.07) is 10.5. The van der Waals surface area contributed by atoms with Crippen LogP contribution in [0.25, 0.3) is 0 Å². The zero-order chi connectivity index (χ0) is 18.7. The maximum atomic E-state index is 12.8. The summed E-state index contributed by atoms with van der Waals surface area (Å²) in [5, 5.41) is 7.60. The number of hydrogen-bond donors (Lipinski definition) is 0. The number of likely N-dealkylation sites (tertiary alicyclic amines) is 1. The van der Waals surface area contributed by atoms with Gasteiger partial charge in [0.05, 0.1) is 24.6 Å². The van der Waals surface area contributed by atoms with Crippen LogP contribution in [-0.4, -0.2) is 65.8 Å². The van der Waals surface area contributed by atoms with Gasteiger partial charge in [-0.3, -0.25) is 9.69 Å². The van der Waals surface area contributed by atoms with Crippen molar-refractivity contribution >= 4 is 5.91 Å². The van der Waals surface area contributed by atoms with Crippen molar-refractivity contribution in [2.24, 2.45) is 0 Å². The van der Waals surface area contributed by atoms with Gasteiger partial charge in [-0.2, -0.15) is 10.2 Å². The summed E-state index contributed by atoms with van der Waals surface area (Å²) in [6.45, 7) is 5.25. The first-order chi connectivity index (χ1) is 13.2. The lowest BCUT2D eigenvalue weighted by Gasteiger charge is -2.48. The maximum Gasteiger partial charge on any atom is 0.255 e. The monoisotopic (exact) mass is 366 g/mol. The van der Waals surface area contributed by atoms with E-state index in [4.69, 9.17) is 4.74 Å². The normalized spacial score (nSPS) is 19.1. The van der Waals surface area contributed by atoms with Crippen LogP contribution in [0.4, 0.5) is 0 Å². The molecular formula is C21H26N4O2. The van der Waals surface area contributed by atoms with Crippen LogP contribution >= 0.6 is 0 Å². The maximum absolute atomic E-state index is 12.8. The SMILES string of the molecule is COCCN1Cc2ccccc2C2(CCN(C(=O)c3ccnnc3)CC2)C1. The molecule has 0 bridgehead atoms. The smallest absolute Gasteiger partial charge is 0.255 e. The third-order valence-electron chi connectivity index (χ3n) is 5.96. The Bertz CT molecular complexity index is 788. The number of ether oxygens (including phenoxy) is 1. The van der Waals surface area contributed by atoms with E-state index < -0.39 is 0 Å². The average Bonchev–Trinajstić information content (AvgIpc) is 2.73. The molecule has 2 aliphatic rings. The summed E-state index contributed by atoms with van der Waals surface area (Å²) < 4.78 is 5.30. The van der Waals surface area contributed by atoms with Gasteiger partial charge in [-0.1, -0.05) is 24.3 Å². The van der Waals surface area contributed by atoms with E-state index in [1.165, 1.54) is 11.1 Å². The highest BCUT2D eigenvalue weighted by Gasteiger charge is 2.42. The molecule has 1 fully saturated rings. The third kappa shape index (κ3) is 3.59. The molecule has 0 aliphatic carbocycles. The molecular weight excluding hydrogens is 340 g/mol. The van der Waals surface area contributed by atoms with Gasteiger partial charge in [-0.05, 0) is 30.0 Å². The van der Waals surface area contributed by atoms with Crippen LogP contribution in [-0.2, 0) is 16.7 Å². The van der Waals surface area contributed by atoms with Crippen LogP contribution in [0.3, 0.4) is 0 Å². The summed E-state index contributed by atoms with van der Waals surface area (Å²) in [6.07, 6.45) is 5.09. The summed E-state index contributed by atoms with van der Waals surface area (Å²) >= 11 is 0. The minimum Gasteiger partial charge on any atom is -0.383 e. The Kier molecular flexibility index (Phi) is 5.18. The van der Waals surface area contributed by atoms with Crippen molar-refractivity contribution in [1.82, 2.24) is 20.0 Å². The standard InChI is InChI=1S/C21H26N4O2/c1-27-13-12-24-15-18-4-2-3-5-19(18)21(16-24)7-10-25(11-8-21)20(26)17-6-9-22-23-14-17/h2-6,9,14H,7-8,10-13,15-16H2,1H3. The van der Waals surface area contributed by atoms with Gasteiger partial charge in [-0.25, -0.2) is 0 Å². The molecule has 0 radical (unpaired) electrons. The highest BCUT2D eigenvalue weighted by molar-refractivity contribution is 5.93. The molecule has 1 aromatic heterocycles. The fraction of sp³-hybridized carbons (Fsp3) is 0.476. The molecule has 6 nitrogen and oxygen atoms in total. The highest BCUT2D eigenvalue weighted by Crippen LogP contribution is 2.41. The molecule has 142 valence electrons. The Labute approximate surface area is 160 Å². The number of benzene rings is 1. The molecule has 2 aromatic rings. The van der Waals surface area contributed by atoms with Gasteiger partial charge in [0, 0.05) is 45.2 Å². The lowest BCUT2D eigenvalue weighted by atomic mass is 9.69. The lowest BCUT2D eigenvalue weighted by Crippen LogP contribution is -2.53. The Balaban J connectivity index is 1.52. The number of carbonyl (C=O) groups is 1. The zero-order valence-electron chi connectivity index (χ0n) is 15.8. The van der Waals surface area contributed by atoms with E-state index >= 15 is 0 Å². The van der Waals surface area contributed by atoms with E-state index in [0.29, 0.717) is 5.56 Å². The Hall–Kier alpha value is -2.31. The van der Waals surface area contributed by atoms with Gasteiger partial charge in [0.2, 0.25) is 0 Å². The van der Waals surface area contributed by atoms with Crippen molar-refractivity contribution in [3.8, 4) is 0 Å². The minimum absolute atomic E-state index is 0.0556. The first-order valence-electron chi connectivity index (χ1n) is 9.57. The second-order valence-electron chi connectivity index (χ2n) is 7.56. The molecule has 0 unspecified atom stereocenters. The van der Waals surface area contributed by atoms with Crippen LogP contribution in [0.1, 0.15) is 34.3 Å². The predicted octanol–water partition coefficient (Wildman–Crippen LogP) is 2.11. The second-order valence-corrected chi connectivity index (χ2v) is 7.56. The largest absolute Gasteiger partial charge is 0.383 e. The van der Waals surface area contributed by atoms with Crippen LogP contribution in [0.2, 0.25) is 0 Å². The number of nitrogens with zero attached hydrogens (tertiary/aromatic N) is 4. The molecule has 6 heteroatoms. The average molecular weight is 366 g/mol. The Morgan fingerprint density at radius 3 is 2.74 bits per heavy atom. The zero-order valence-corrected chi connectivity index (χ0v) is 15.8. The molecule has 0 saturated carbocycles. The Morgan fingerprint density at radius 2 is 2.00 bits per heavy atom. The quantitative estimate of drug-likeness (QED) is 0.830. The van der Waals surface area contributed by atoms with E-state index in [0.717, 1.165) is 52.2 Å². The number of piperidine rings is 1. The van der Waals surface area contributed by atoms with E-state index in [9.17, 15) is 4.79 Å². The Morgan fingerprint density at radius 1 is 1.19 bits per heavy atom. The van der Waals surface area contributed by atoms with Crippen molar-refractivity contribution in [1.29, 1.82) is 0 Å². The van der Waals surface area contributed by atoms with Crippen LogP contribution in [0, 0.1) is 0 Å². The van der Waals surface area contributed by atoms with Crippen molar-refractivity contribution < 1.29 is 9.53 Å². The van der Waals surface area contributed by atoms with Gasteiger partial charge in [0.15, 0.2) is 0 Å². The van der Waals surface area contributed by atoms with Gasteiger partial charge in [-0.15, -0.1) is 0 Å². The van der Waals surface area contributed by atoms with Crippen molar-refractivity contribution in [3.63, 3.8) is 0 Å². The number of fused-ring (bicyclic) bond motifs is 2. The van der Waals surface area contributed by atoms with Crippen LogP contribution < -0.4 is 0 Å². The molecule has 2 aliphatic heterocycles. The number of rotatable bonds is 4. The molecule has 1 saturated heterocycles. The summed E-state index contributed by atoms with van der Waals surface area (Å²) in [4.78, 5) is 17.2. The summed E-state index contributed by atoms with van der Waals surface area (Å²) in [5.41, 5.74) is 3.62. The van der Waals surface area contributed by atoms with Gasteiger partial charge in [0.1, 0.15) is 0 Å². The first-order valence-corrected chi connectivity index (χ1v) is 9.57. The van der Waals surface area contributed by atoms with E-state index in [2.05, 4.69) is 39.4 Å². The molecule has 27 heavy (non-hydrogen) atoms. The number of hydrogen-bond acceptors (Lipinski definition) is 5. The van der Waals surface area contributed by atoms with E-state index in [-0.39, 0.29) is 11.3 Å². The minimum atomic E-state index is 0.0556. The van der Waals surface area contributed by atoms with E-state index in [1.807, 2.05) is 4.90 Å². The van der Waals surface area contributed by atoms with Gasteiger partial charge in [0.25, 0.3) is 5.91 Å². The van der Waals surface area contributed by atoms with Crippen molar-refractivity contribution in [2.45, 2.75) is 24.8 Å². The third-order valence-corrected chi connectivity index (χ3v) is 5.96. The van der Waals surface area contributed by atoms with E-state index in [1.54, 1.807) is 25.6 Å². The summed E-state index contributed by atoms with van der Waals surface area (Å²) in [7, 11) is 1.76. The number of aromatic nitrogens is 2. The number of carbonyl (C=O) groups excluding carboxylic acids is 1. The molecule has 0 atom stereocenters. The molecule has 1 spiro atoms. The molecule has 4 rings (SSSR count). The van der Waals surface area contributed by atoms with Crippen molar-refractivity contribution in [2.75, 3.05) is 39.9 Å².